The Morgan fingerprint density at radius 3 is 2.23 bits per heavy atom. The first-order valence-corrected chi connectivity index (χ1v) is 15.0. The molecule has 0 aliphatic carbocycles. The molecule has 0 unspecified atom stereocenters. The molecule has 1 heterocycles. The molecule has 1 fully saturated rings. The summed E-state index contributed by atoms with van der Waals surface area (Å²) in [6.45, 7) is 5.06. The van der Waals surface area contributed by atoms with E-state index in [1.807, 2.05) is 71.6 Å². The number of unbranched alkanes of at least 4 members (excludes halogenated alkanes) is 3. The Hall–Kier alpha value is -3.84. The third-order valence-electron chi connectivity index (χ3n) is 8.03. The maximum atomic E-state index is 13.7. The summed E-state index contributed by atoms with van der Waals surface area (Å²) in [6.07, 6.45) is 6.06. The predicted molar refractivity (Wildman–Crippen MR) is 174 cm³/mol. The summed E-state index contributed by atoms with van der Waals surface area (Å²) in [7, 11) is 0. The maximum absolute atomic E-state index is 13.7. The van der Waals surface area contributed by atoms with Gasteiger partial charge in [-0.2, -0.15) is 0 Å². The smallest absolute Gasteiger partial charge is 0.321 e. The molecule has 7 nitrogen and oxygen atoms in total. The van der Waals surface area contributed by atoms with Gasteiger partial charge in [0.2, 0.25) is 5.91 Å². The van der Waals surface area contributed by atoms with Gasteiger partial charge >= 0.3 is 5.97 Å². The van der Waals surface area contributed by atoms with Gasteiger partial charge in [0.25, 0.3) is 0 Å². The number of hydrogen-bond acceptors (Lipinski definition) is 5. The highest BCUT2D eigenvalue weighted by Gasteiger charge is 2.54. The normalized spacial score (nSPS) is 17.8. The van der Waals surface area contributed by atoms with Gasteiger partial charge in [0.15, 0.2) is 0 Å². The molecule has 0 radical (unpaired) electrons. The van der Waals surface area contributed by atoms with Gasteiger partial charge in [-0.25, -0.2) is 0 Å². The van der Waals surface area contributed by atoms with Gasteiger partial charge < -0.3 is 20.1 Å². The zero-order valence-corrected chi connectivity index (χ0v) is 26.0. The van der Waals surface area contributed by atoms with Crippen LogP contribution in [0.5, 0.6) is 5.75 Å². The van der Waals surface area contributed by atoms with Gasteiger partial charge in [0, 0.05) is 12.1 Å². The second-order valence-corrected chi connectivity index (χ2v) is 11.3. The average Bonchev–Trinajstić information content (AvgIpc) is 3.26. The average molecular weight is 606 g/mol. The van der Waals surface area contributed by atoms with Gasteiger partial charge in [0.05, 0.1) is 12.6 Å². The molecule has 3 aromatic rings. The second-order valence-electron chi connectivity index (χ2n) is 11.3. The third kappa shape index (κ3) is 8.83. The van der Waals surface area contributed by atoms with Crippen molar-refractivity contribution in [3.05, 3.63) is 90.0 Å². The number of esters is 1. The minimum absolute atomic E-state index is 0. The number of aryl methyl sites for hydroxylation is 1. The molecule has 3 N–H and O–H groups in total. The first kappa shape index (κ1) is 33.7. The molecule has 0 spiro atoms. The van der Waals surface area contributed by atoms with E-state index in [0.717, 1.165) is 49.7 Å². The zero-order chi connectivity index (χ0) is 30.0. The van der Waals surface area contributed by atoms with E-state index in [9.17, 15) is 9.59 Å². The van der Waals surface area contributed by atoms with E-state index < -0.39 is 11.4 Å². The number of hydrogen-bond donors (Lipinski definition) is 2. The van der Waals surface area contributed by atoms with Crippen molar-refractivity contribution in [1.82, 2.24) is 4.90 Å². The SMILES string of the molecule is CCCCCCOC(=O)[C@@]1(C)C[C@@H](COc2ccc(-c3ccc(C(=N)N)cc3)cc2)N(CCCc2ccccc2)C1=O.Cl. The number of halogens is 1. The summed E-state index contributed by atoms with van der Waals surface area (Å²) < 4.78 is 11.8. The number of amides is 1. The van der Waals surface area contributed by atoms with E-state index in [1.165, 1.54) is 5.56 Å². The number of nitrogens with one attached hydrogen (secondary N) is 1. The number of nitrogens with two attached hydrogens (primary N) is 1. The molecule has 0 bridgehead atoms. The van der Waals surface area contributed by atoms with Gasteiger partial charge in [0.1, 0.15) is 23.6 Å². The first-order chi connectivity index (χ1) is 20.3. The maximum Gasteiger partial charge on any atom is 0.321 e. The molecule has 2 atom stereocenters. The summed E-state index contributed by atoms with van der Waals surface area (Å²) >= 11 is 0. The lowest BCUT2D eigenvalue weighted by atomic mass is 9.87. The van der Waals surface area contributed by atoms with Crippen molar-refractivity contribution in [3.63, 3.8) is 0 Å². The van der Waals surface area contributed by atoms with Crippen LogP contribution in [0.25, 0.3) is 11.1 Å². The van der Waals surface area contributed by atoms with E-state index >= 15 is 0 Å². The molecule has 43 heavy (non-hydrogen) atoms. The Morgan fingerprint density at radius 2 is 1.60 bits per heavy atom. The highest BCUT2D eigenvalue weighted by Crippen LogP contribution is 2.38. The van der Waals surface area contributed by atoms with E-state index in [1.54, 1.807) is 6.92 Å². The van der Waals surface area contributed by atoms with Crippen molar-refractivity contribution in [1.29, 1.82) is 5.41 Å². The van der Waals surface area contributed by atoms with Crippen LogP contribution in [0.15, 0.2) is 78.9 Å². The largest absolute Gasteiger partial charge is 0.491 e. The molecule has 1 amide bonds. The van der Waals surface area contributed by atoms with Gasteiger partial charge in [-0.3, -0.25) is 15.0 Å². The van der Waals surface area contributed by atoms with Gasteiger partial charge in [-0.05, 0) is 61.4 Å². The molecule has 3 aromatic carbocycles. The van der Waals surface area contributed by atoms with Gasteiger partial charge in [-0.15, -0.1) is 12.4 Å². The molecule has 0 saturated carbocycles. The minimum atomic E-state index is -1.21. The third-order valence-corrected chi connectivity index (χ3v) is 8.03. The van der Waals surface area contributed by atoms with Gasteiger partial charge in [-0.1, -0.05) is 92.9 Å². The Morgan fingerprint density at radius 1 is 0.953 bits per heavy atom. The van der Waals surface area contributed by atoms with Crippen molar-refractivity contribution in [2.24, 2.45) is 11.1 Å². The molecule has 8 heteroatoms. The highest BCUT2D eigenvalue weighted by atomic mass is 35.5. The molecule has 1 aliphatic rings. The van der Waals surface area contributed by atoms with Crippen molar-refractivity contribution in [2.45, 2.75) is 64.8 Å². The fourth-order valence-corrected chi connectivity index (χ4v) is 5.48. The van der Waals surface area contributed by atoms with Crippen LogP contribution >= 0.6 is 12.4 Å². The summed E-state index contributed by atoms with van der Waals surface area (Å²) in [4.78, 5) is 28.7. The van der Waals surface area contributed by atoms with Crippen LogP contribution in [-0.4, -0.2) is 48.4 Å². The number of benzene rings is 3. The lowest BCUT2D eigenvalue weighted by molar-refractivity contribution is -0.160. The zero-order valence-electron chi connectivity index (χ0n) is 25.2. The number of carbonyl (C=O) groups is 2. The summed E-state index contributed by atoms with van der Waals surface area (Å²) in [5.41, 5.74) is 8.30. The monoisotopic (exact) mass is 605 g/mol. The number of nitrogens with zero attached hydrogens (tertiary/aromatic N) is 1. The predicted octanol–water partition coefficient (Wildman–Crippen LogP) is 6.80. The van der Waals surface area contributed by atoms with Crippen molar-refractivity contribution in [3.8, 4) is 16.9 Å². The van der Waals surface area contributed by atoms with Crippen molar-refractivity contribution in [2.75, 3.05) is 19.8 Å². The molecular formula is C35H44ClN3O4. The van der Waals surface area contributed by atoms with Crippen LogP contribution in [0.3, 0.4) is 0 Å². The number of ether oxygens (including phenoxy) is 2. The van der Waals surface area contributed by atoms with Crippen LogP contribution < -0.4 is 10.5 Å². The lowest BCUT2D eigenvalue weighted by Crippen LogP contribution is -2.41. The van der Waals surface area contributed by atoms with Crippen molar-refractivity contribution < 1.29 is 19.1 Å². The number of nitrogen functional groups attached to an aromatic ring is 1. The van der Waals surface area contributed by atoms with Crippen LogP contribution in [0.1, 0.15) is 63.5 Å². The standard InChI is InChI=1S/C35H43N3O4.ClH/c1-3-4-5-9-23-41-34(40)35(2)24-30(38(33(35)39)22-10-13-26-11-7-6-8-12-26)25-42-31-20-18-28(19-21-31)27-14-16-29(17-15-27)32(36)37;/h6-8,11-12,14-21,30H,3-5,9-10,13,22-25H2,1-2H3,(H3,36,37);1H/t30-,35-;/m0./s1. The van der Waals surface area contributed by atoms with E-state index in [0.29, 0.717) is 37.5 Å². The van der Waals surface area contributed by atoms with Crippen LogP contribution in [0, 0.1) is 10.8 Å². The lowest BCUT2D eigenvalue weighted by Gasteiger charge is -2.25. The van der Waals surface area contributed by atoms with E-state index in [2.05, 4.69) is 19.1 Å². The summed E-state index contributed by atoms with van der Waals surface area (Å²) in [5.74, 6) is 0.135. The Balaban J connectivity index is 0.00000506. The number of rotatable bonds is 15. The van der Waals surface area contributed by atoms with Crippen molar-refractivity contribution >= 4 is 30.1 Å². The minimum Gasteiger partial charge on any atom is -0.491 e. The molecule has 4 rings (SSSR count). The number of likely N-dealkylation sites (tertiary alicyclic amines) is 1. The van der Waals surface area contributed by atoms with Crippen LogP contribution in [-0.2, 0) is 20.7 Å². The van der Waals surface area contributed by atoms with E-state index in [4.69, 9.17) is 20.6 Å². The Kier molecular flexibility index (Phi) is 12.6. The molecular weight excluding hydrogens is 562 g/mol. The van der Waals surface area contributed by atoms with Crippen LogP contribution in [0.2, 0.25) is 0 Å². The molecule has 1 aliphatic heterocycles. The highest BCUT2D eigenvalue weighted by molar-refractivity contribution is 6.04. The Bertz CT molecular complexity index is 1330. The fourth-order valence-electron chi connectivity index (χ4n) is 5.48. The summed E-state index contributed by atoms with van der Waals surface area (Å²) in [6, 6.07) is 25.3. The molecule has 0 aromatic heterocycles. The number of amidine groups is 1. The fraction of sp³-hybridized carbons (Fsp3) is 0.400. The second kappa shape index (κ2) is 16.1. The quantitative estimate of drug-likeness (QED) is 0.0651. The molecule has 1 saturated heterocycles. The van der Waals surface area contributed by atoms with E-state index in [-0.39, 0.29) is 30.2 Å². The number of carbonyl (C=O) groups excluding carboxylic acids is 2. The Labute approximate surface area is 261 Å². The molecule has 230 valence electrons. The first-order valence-electron chi connectivity index (χ1n) is 15.0. The topological polar surface area (TPSA) is 106 Å². The summed E-state index contributed by atoms with van der Waals surface area (Å²) in [5, 5.41) is 7.57. The van der Waals surface area contributed by atoms with Crippen LogP contribution in [0.4, 0.5) is 0 Å².